The zero-order valence-corrected chi connectivity index (χ0v) is 9.95. The Labute approximate surface area is 101 Å². The predicted octanol–water partition coefficient (Wildman–Crippen LogP) is 0.305. The molecule has 0 spiro atoms. The number of furan rings is 1. The molecule has 0 saturated carbocycles. The van der Waals surface area contributed by atoms with Crippen molar-refractivity contribution in [1.29, 1.82) is 0 Å². The maximum Gasteiger partial charge on any atom is 0.254 e. The van der Waals surface area contributed by atoms with Gasteiger partial charge in [-0.1, -0.05) is 0 Å². The van der Waals surface area contributed by atoms with Gasteiger partial charge in [-0.3, -0.25) is 4.79 Å². The Morgan fingerprint density at radius 3 is 3.00 bits per heavy atom. The topological polar surface area (TPSA) is 57.5 Å². The van der Waals surface area contributed by atoms with Gasteiger partial charge in [0.2, 0.25) is 0 Å². The number of carbonyl (C=O) groups is 1. The van der Waals surface area contributed by atoms with Gasteiger partial charge in [0.1, 0.15) is 6.26 Å². The molecule has 94 valence electrons. The van der Waals surface area contributed by atoms with Crippen LogP contribution in [0.5, 0.6) is 0 Å². The number of hydrogen-bond donors (Lipinski definition) is 2. The third-order valence-corrected chi connectivity index (χ3v) is 2.93. The molecule has 0 bridgehead atoms. The molecule has 2 N–H and O–H groups in total. The van der Waals surface area contributed by atoms with E-state index in [0.717, 1.165) is 39.1 Å². The molecule has 17 heavy (non-hydrogen) atoms. The highest BCUT2D eigenvalue weighted by molar-refractivity contribution is 5.93. The number of hydrogen-bond acceptors (Lipinski definition) is 4. The molecular weight excluding hydrogens is 218 g/mol. The maximum absolute atomic E-state index is 11.6. The zero-order chi connectivity index (χ0) is 11.9. The van der Waals surface area contributed by atoms with E-state index in [1.54, 1.807) is 6.07 Å². The molecule has 1 fully saturated rings. The molecule has 5 heteroatoms. The summed E-state index contributed by atoms with van der Waals surface area (Å²) in [5.74, 6) is -0.0564. The Morgan fingerprint density at radius 1 is 1.47 bits per heavy atom. The number of nitrogens with one attached hydrogen (secondary N) is 2. The molecule has 1 aliphatic rings. The molecule has 0 aliphatic carbocycles. The summed E-state index contributed by atoms with van der Waals surface area (Å²) >= 11 is 0. The Morgan fingerprint density at radius 2 is 2.29 bits per heavy atom. The highest BCUT2D eigenvalue weighted by Gasteiger charge is 2.09. The van der Waals surface area contributed by atoms with Crippen molar-refractivity contribution in [2.24, 2.45) is 0 Å². The summed E-state index contributed by atoms with van der Waals surface area (Å²) in [4.78, 5) is 14.0. The van der Waals surface area contributed by atoms with Crippen LogP contribution in [-0.4, -0.2) is 50.1 Å². The van der Waals surface area contributed by atoms with Gasteiger partial charge in [-0.05, 0) is 19.0 Å². The van der Waals surface area contributed by atoms with Crippen LogP contribution in [0.1, 0.15) is 16.8 Å². The normalized spacial score (nSPS) is 16.9. The van der Waals surface area contributed by atoms with Crippen molar-refractivity contribution in [3.8, 4) is 0 Å². The second kappa shape index (κ2) is 6.42. The molecule has 1 aromatic heterocycles. The Hall–Kier alpha value is -1.33. The lowest BCUT2D eigenvalue weighted by Crippen LogP contribution is -2.44. The summed E-state index contributed by atoms with van der Waals surface area (Å²) in [6, 6.07) is 1.67. The first-order valence-electron chi connectivity index (χ1n) is 6.10. The first-order valence-corrected chi connectivity index (χ1v) is 6.10. The summed E-state index contributed by atoms with van der Waals surface area (Å²) in [7, 11) is 0. The van der Waals surface area contributed by atoms with Crippen LogP contribution in [0.2, 0.25) is 0 Å². The van der Waals surface area contributed by atoms with Gasteiger partial charge in [0.05, 0.1) is 11.8 Å². The van der Waals surface area contributed by atoms with Gasteiger partial charge >= 0.3 is 0 Å². The third-order valence-electron chi connectivity index (χ3n) is 2.93. The summed E-state index contributed by atoms with van der Waals surface area (Å²) in [5.41, 5.74) is 0.590. The van der Waals surface area contributed by atoms with Gasteiger partial charge in [0.25, 0.3) is 5.91 Å². The van der Waals surface area contributed by atoms with Crippen molar-refractivity contribution < 1.29 is 9.21 Å². The largest absolute Gasteiger partial charge is 0.472 e. The van der Waals surface area contributed by atoms with Gasteiger partial charge < -0.3 is 20.0 Å². The minimum Gasteiger partial charge on any atom is -0.472 e. The van der Waals surface area contributed by atoms with E-state index in [0.29, 0.717) is 12.1 Å². The number of piperazine rings is 1. The van der Waals surface area contributed by atoms with E-state index in [1.807, 2.05) is 0 Å². The van der Waals surface area contributed by atoms with Gasteiger partial charge in [0, 0.05) is 32.7 Å². The van der Waals surface area contributed by atoms with Crippen molar-refractivity contribution in [3.63, 3.8) is 0 Å². The molecule has 1 aliphatic heterocycles. The van der Waals surface area contributed by atoms with E-state index in [1.165, 1.54) is 12.5 Å². The van der Waals surface area contributed by atoms with Crippen LogP contribution in [0, 0.1) is 0 Å². The number of amides is 1. The lowest BCUT2D eigenvalue weighted by atomic mass is 10.3. The van der Waals surface area contributed by atoms with Gasteiger partial charge in [0.15, 0.2) is 0 Å². The maximum atomic E-state index is 11.6. The van der Waals surface area contributed by atoms with Crippen LogP contribution in [0.25, 0.3) is 0 Å². The quantitative estimate of drug-likeness (QED) is 0.723. The molecule has 1 amide bonds. The SMILES string of the molecule is O=C(NCCCN1CCNCC1)c1ccoc1. The lowest BCUT2D eigenvalue weighted by Gasteiger charge is -2.27. The first-order chi connectivity index (χ1) is 8.36. The molecule has 1 saturated heterocycles. The van der Waals surface area contributed by atoms with Crippen molar-refractivity contribution in [2.75, 3.05) is 39.3 Å². The molecule has 5 nitrogen and oxygen atoms in total. The average molecular weight is 237 g/mol. The van der Waals surface area contributed by atoms with Crippen molar-refractivity contribution >= 4 is 5.91 Å². The van der Waals surface area contributed by atoms with Gasteiger partial charge in [-0.2, -0.15) is 0 Å². The van der Waals surface area contributed by atoms with Crippen LogP contribution in [-0.2, 0) is 0 Å². The van der Waals surface area contributed by atoms with E-state index >= 15 is 0 Å². The number of nitrogens with zero attached hydrogens (tertiary/aromatic N) is 1. The zero-order valence-electron chi connectivity index (χ0n) is 9.95. The van der Waals surface area contributed by atoms with Gasteiger partial charge in [-0.15, -0.1) is 0 Å². The van der Waals surface area contributed by atoms with E-state index in [4.69, 9.17) is 4.42 Å². The summed E-state index contributed by atoms with van der Waals surface area (Å²) in [6.07, 6.45) is 3.96. The minimum atomic E-state index is -0.0564. The fourth-order valence-corrected chi connectivity index (χ4v) is 1.94. The van der Waals surface area contributed by atoms with Crippen molar-refractivity contribution in [1.82, 2.24) is 15.5 Å². The molecule has 2 rings (SSSR count). The smallest absolute Gasteiger partial charge is 0.254 e. The van der Waals surface area contributed by atoms with E-state index in [2.05, 4.69) is 15.5 Å². The standard InChI is InChI=1S/C12H19N3O2/c16-12(11-2-9-17-10-11)14-3-1-6-15-7-4-13-5-8-15/h2,9-10,13H,1,3-8H2,(H,14,16). The fourth-order valence-electron chi connectivity index (χ4n) is 1.94. The number of carbonyl (C=O) groups excluding carboxylic acids is 1. The second-order valence-electron chi connectivity index (χ2n) is 4.21. The second-order valence-corrected chi connectivity index (χ2v) is 4.21. The van der Waals surface area contributed by atoms with E-state index in [9.17, 15) is 4.79 Å². The minimum absolute atomic E-state index is 0.0564. The van der Waals surface area contributed by atoms with Crippen LogP contribution < -0.4 is 10.6 Å². The molecule has 0 aromatic carbocycles. The number of rotatable bonds is 5. The van der Waals surface area contributed by atoms with E-state index in [-0.39, 0.29) is 5.91 Å². The highest BCUT2D eigenvalue weighted by atomic mass is 16.3. The highest BCUT2D eigenvalue weighted by Crippen LogP contribution is 1.99. The van der Waals surface area contributed by atoms with Crippen LogP contribution in [0.3, 0.4) is 0 Å². The Bertz CT molecular complexity index is 332. The molecular formula is C12H19N3O2. The van der Waals surface area contributed by atoms with E-state index < -0.39 is 0 Å². The monoisotopic (exact) mass is 237 g/mol. The lowest BCUT2D eigenvalue weighted by molar-refractivity contribution is 0.0950. The van der Waals surface area contributed by atoms with Crippen molar-refractivity contribution in [3.05, 3.63) is 24.2 Å². The molecule has 1 aromatic rings. The summed E-state index contributed by atoms with van der Waals surface area (Å²) < 4.78 is 4.86. The third kappa shape index (κ3) is 3.87. The van der Waals surface area contributed by atoms with Crippen molar-refractivity contribution in [2.45, 2.75) is 6.42 Å². The Balaban J connectivity index is 1.58. The molecule has 0 atom stereocenters. The van der Waals surface area contributed by atoms with Crippen LogP contribution in [0.4, 0.5) is 0 Å². The predicted molar refractivity (Wildman–Crippen MR) is 65.0 cm³/mol. The van der Waals surface area contributed by atoms with Crippen LogP contribution in [0.15, 0.2) is 23.0 Å². The average Bonchev–Trinajstić information content (AvgIpc) is 2.89. The molecule has 0 radical (unpaired) electrons. The summed E-state index contributed by atoms with van der Waals surface area (Å²) in [6.45, 7) is 6.12. The summed E-state index contributed by atoms with van der Waals surface area (Å²) in [5, 5.41) is 6.20. The molecule has 0 unspecified atom stereocenters. The molecule has 2 heterocycles. The van der Waals surface area contributed by atoms with Gasteiger partial charge in [-0.25, -0.2) is 0 Å². The first kappa shape index (κ1) is 12.1. The Kier molecular flexibility index (Phi) is 4.58. The fraction of sp³-hybridized carbons (Fsp3) is 0.583. The van der Waals surface area contributed by atoms with Crippen LogP contribution >= 0.6 is 0 Å².